The Morgan fingerprint density at radius 3 is 2.67 bits per heavy atom. The fraction of sp³-hybridized carbons (Fsp3) is 0.800. The van der Waals surface area contributed by atoms with E-state index in [1.807, 2.05) is 0 Å². The highest BCUT2D eigenvalue weighted by atomic mass is 32.1. The third kappa shape index (κ3) is 3.76. The molecule has 4 nitrogen and oxygen atoms in total. The maximum Gasteiger partial charge on any atom is 0.202 e. The van der Waals surface area contributed by atoms with Gasteiger partial charge in [0.25, 0.3) is 0 Å². The number of nitrogens with zero attached hydrogens (tertiary/aromatic N) is 2. The topological polar surface area (TPSA) is 63.8 Å². The van der Waals surface area contributed by atoms with Crippen molar-refractivity contribution >= 4 is 16.7 Å². The average molecular weight is 228 g/mol. The van der Waals surface area contributed by atoms with Crippen molar-refractivity contribution in [3.8, 4) is 0 Å². The Hall–Kier alpha value is -0.680. The first-order valence-corrected chi connectivity index (χ1v) is 6.24. The van der Waals surface area contributed by atoms with Crippen molar-refractivity contribution in [1.29, 1.82) is 0 Å². The van der Waals surface area contributed by atoms with Crippen LogP contribution in [0.5, 0.6) is 0 Å². The standard InChI is InChI=1S/C10H20N4S/c1-4-8(5-6-11)12-10-13-9(7(2)3)14-15-10/h7-8H,4-6,11H2,1-3H3,(H,12,13,14). The van der Waals surface area contributed by atoms with Crippen LogP contribution in [0.4, 0.5) is 5.13 Å². The monoisotopic (exact) mass is 228 g/mol. The van der Waals surface area contributed by atoms with Crippen LogP contribution in [0.15, 0.2) is 0 Å². The summed E-state index contributed by atoms with van der Waals surface area (Å²) in [5, 5.41) is 4.29. The van der Waals surface area contributed by atoms with Crippen molar-refractivity contribution in [3.05, 3.63) is 5.82 Å². The van der Waals surface area contributed by atoms with E-state index in [-0.39, 0.29) is 0 Å². The van der Waals surface area contributed by atoms with Crippen molar-refractivity contribution in [2.24, 2.45) is 5.73 Å². The summed E-state index contributed by atoms with van der Waals surface area (Å²) in [5.74, 6) is 1.32. The van der Waals surface area contributed by atoms with E-state index in [9.17, 15) is 0 Å². The molecule has 0 saturated carbocycles. The Morgan fingerprint density at radius 1 is 1.47 bits per heavy atom. The van der Waals surface area contributed by atoms with Crippen LogP contribution in [-0.2, 0) is 0 Å². The molecule has 0 aromatic carbocycles. The van der Waals surface area contributed by atoms with E-state index >= 15 is 0 Å². The lowest BCUT2D eigenvalue weighted by Gasteiger charge is -2.14. The highest BCUT2D eigenvalue weighted by Gasteiger charge is 2.10. The van der Waals surface area contributed by atoms with Crippen LogP contribution in [0.1, 0.15) is 45.4 Å². The minimum absolute atomic E-state index is 0.395. The molecule has 1 heterocycles. The van der Waals surface area contributed by atoms with E-state index in [1.54, 1.807) is 0 Å². The number of hydrogen-bond acceptors (Lipinski definition) is 5. The van der Waals surface area contributed by atoms with Crippen LogP contribution >= 0.6 is 11.5 Å². The molecule has 0 radical (unpaired) electrons. The smallest absolute Gasteiger partial charge is 0.202 e. The quantitative estimate of drug-likeness (QED) is 0.783. The van der Waals surface area contributed by atoms with Gasteiger partial charge >= 0.3 is 0 Å². The number of nitrogens with two attached hydrogens (primary N) is 1. The minimum atomic E-state index is 0.395. The van der Waals surface area contributed by atoms with Gasteiger partial charge in [-0.25, -0.2) is 4.98 Å². The molecule has 5 heteroatoms. The molecule has 1 rings (SSSR count). The van der Waals surface area contributed by atoms with Crippen LogP contribution < -0.4 is 11.1 Å². The molecule has 1 aromatic rings. The Bertz CT molecular complexity index is 285. The van der Waals surface area contributed by atoms with E-state index in [0.717, 1.165) is 23.8 Å². The van der Waals surface area contributed by atoms with E-state index in [4.69, 9.17) is 5.73 Å². The molecule has 0 bridgehead atoms. The van der Waals surface area contributed by atoms with Gasteiger partial charge in [0.2, 0.25) is 5.13 Å². The number of hydrogen-bond donors (Lipinski definition) is 2. The highest BCUT2D eigenvalue weighted by molar-refractivity contribution is 7.09. The molecule has 0 fully saturated rings. The predicted molar refractivity (Wildman–Crippen MR) is 65.4 cm³/mol. The molecule has 1 aromatic heterocycles. The van der Waals surface area contributed by atoms with E-state index in [1.165, 1.54) is 11.5 Å². The molecule has 86 valence electrons. The molecule has 0 aliphatic heterocycles. The van der Waals surface area contributed by atoms with E-state index in [2.05, 4.69) is 35.4 Å². The van der Waals surface area contributed by atoms with Crippen molar-refractivity contribution in [2.45, 2.75) is 45.6 Å². The Balaban J connectivity index is 2.55. The van der Waals surface area contributed by atoms with Gasteiger partial charge in [-0.05, 0) is 19.4 Å². The molecule has 0 aliphatic rings. The molecule has 0 saturated heterocycles. The molecule has 3 N–H and O–H groups in total. The third-order valence-corrected chi connectivity index (χ3v) is 2.95. The van der Waals surface area contributed by atoms with E-state index in [0.29, 0.717) is 18.5 Å². The molecule has 0 spiro atoms. The van der Waals surface area contributed by atoms with Crippen LogP contribution in [0.25, 0.3) is 0 Å². The summed E-state index contributed by atoms with van der Waals surface area (Å²) in [5.41, 5.74) is 5.54. The first kappa shape index (κ1) is 12.4. The summed E-state index contributed by atoms with van der Waals surface area (Å²) in [6, 6.07) is 0.419. The van der Waals surface area contributed by atoms with Gasteiger partial charge in [0.1, 0.15) is 5.82 Å². The SMILES string of the molecule is CCC(CCN)Nc1nc(C(C)C)ns1. The second-order valence-corrected chi connectivity index (χ2v) is 4.69. The minimum Gasteiger partial charge on any atom is -0.358 e. The Labute approximate surface area is 95.5 Å². The summed E-state index contributed by atoms with van der Waals surface area (Å²) in [6.07, 6.45) is 2.04. The van der Waals surface area contributed by atoms with Crippen LogP contribution in [0.2, 0.25) is 0 Å². The van der Waals surface area contributed by atoms with Gasteiger partial charge in [-0.15, -0.1) is 0 Å². The maximum atomic E-state index is 5.54. The third-order valence-electron chi connectivity index (χ3n) is 2.29. The fourth-order valence-corrected chi connectivity index (χ4v) is 2.07. The highest BCUT2D eigenvalue weighted by Crippen LogP contribution is 2.18. The largest absolute Gasteiger partial charge is 0.358 e. The lowest BCUT2D eigenvalue weighted by atomic mass is 10.1. The van der Waals surface area contributed by atoms with Gasteiger partial charge in [0.05, 0.1) is 0 Å². The van der Waals surface area contributed by atoms with Gasteiger partial charge in [-0.1, -0.05) is 20.8 Å². The molecular formula is C10H20N4S. The lowest BCUT2D eigenvalue weighted by Crippen LogP contribution is -2.22. The van der Waals surface area contributed by atoms with Crippen molar-refractivity contribution < 1.29 is 0 Å². The van der Waals surface area contributed by atoms with Crippen LogP contribution in [0.3, 0.4) is 0 Å². The average Bonchev–Trinajstić information content (AvgIpc) is 2.65. The van der Waals surface area contributed by atoms with Crippen molar-refractivity contribution in [1.82, 2.24) is 9.36 Å². The van der Waals surface area contributed by atoms with Gasteiger partial charge < -0.3 is 11.1 Å². The predicted octanol–water partition coefficient (Wildman–Crippen LogP) is 2.20. The maximum absolute atomic E-state index is 5.54. The molecule has 1 atom stereocenters. The van der Waals surface area contributed by atoms with Crippen molar-refractivity contribution in [2.75, 3.05) is 11.9 Å². The van der Waals surface area contributed by atoms with Gasteiger partial charge in [0, 0.05) is 23.5 Å². The second-order valence-electron chi connectivity index (χ2n) is 3.94. The summed E-state index contributed by atoms with van der Waals surface area (Å²) < 4.78 is 4.30. The van der Waals surface area contributed by atoms with Crippen molar-refractivity contribution in [3.63, 3.8) is 0 Å². The molecule has 15 heavy (non-hydrogen) atoms. The van der Waals surface area contributed by atoms with Crippen LogP contribution in [-0.4, -0.2) is 21.9 Å². The number of rotatable bonds is 6. The second kappa shape index (κ2) is 6.02. The summed E-state index contributed by atoms with van der Waals surface area (Å²) in [4.78, 5) is 4.44. The molecule has 0 aliphatic carbocycles. The molecular weight excluding hydrogens is 208 g/mol. The fourth-order valence-electron chi connectivity index (χ4n) is 1.28. The number of aromatic nitrogens is 2. The lowest BCUT2D eigenvalue weighted by molar-refractivity contribution is 0.640. The normalized spacial score (nSPS) is 13.1. The van der Waals surface area contributed by atoms with Gasteiger partial charge in [-0.2, -0.15) is 4.37 Å². The first-order chi connectivity index (χ1) is 7.17. The van der Waals surface area contributed by atoms with E-state index < -0.39 is 0 Å². The summed E-state index contributed by atoms with van der Waals surface area (Å²) in [6.45, 7) is 7.06. The zero-order valence-electron chi connectivity index (χ0n) is 9.66. The number of anilines is 1. The summed E-state index contributed by atoms with van der Waals surface area (Å²) >= 11 is 1.43. The summed E-state index contributed by atoms with van der Waals surface area (Å²) in [7, 11) is 0. The van der Waals surface area contributed by atoms with Gasteiger partial charge in [0.15, 0.2) is 0 Å². The number of nitrogens with one attached hydrogen (secondary N) is 1. The molecule has 1 unspecified atom stereocenters. The Kier molecular flexibility index (Phi) is 4.98. The first-order valence-electron chi connectivity index (χ1n) is 5.47. The zero-order valence-corrected chi connectivity index (χ0v) is 10.5. The van der Waals surface area contributed by atoms with Crippen LogP contribution in [0, 0.1) is 0 Å². The molecule has 0 amide bonds. The Morgan fingerprint density at radius 2 is 2.20 bits per heavy atom. The van der Waals surface area contributed by atoms with Gasteiger partial charge in [-0.3, -0.25) is 0 Å². The zero-order chi connectivity index (χ0) is 11.3.